The standard InChI is InChI=1S/C17H17NO4S/c1-12-10-11-18(16-5-3-2-4-15(12)16)23(21,22)14-8-6-13(7-9-14)17(19)20/h2-9,12H,10-11H2,1H3,(H,19,20). The van der Waals surface area contributed by atoms with E-state index in [4.69, 9.17) is 5.11 Å². The number of benzene rings is 2. The maximum absolute atomic E-state index is 12.9. The molecule has 1 N–H and O–H groups in total. The predicted octanol–water partition coefficient (Wildman–Crippen LogP) is 3.09. The Labute approximate surface area is 135 Å². The molecule has 0 spiro atoms. The first kappa shape index (κ1) is 15.6. The van der Waals surface area contributed by atoms with Crippen molar-refractivity contribution in [1.29, 1.82) is 0 Å². The Hall–Kier alpha value is -2.34. The van der Waals surface area contributed by atoms with Gasteiger partial charge in [-0.2, -0.15) is 0 Å². The monoisotopic (exact) mass is 331 g/mol. The average Bonchev–Trinajstić information content (AvgIpc) is 2.55. The topological polar surface area (TPSA) is 74.7 Å². The second kappa shape index (κ2) is 5.70. The lowest BCUT2D eigenvalue weighted by Gasteiger charge is -2.33. The van der Waals surface area contributed by atoms with Gasteiger partial charge in [-0.3, -0.25) is 4.31 Å². The number of para-hydroxylation sites is 1. The van der Waals surface area contributed by atoms with E-state index < -0.39 is 16.0 Å². The average molecular weight is 331 g/mol. The summed E-state index contributed by atoms with van der Waals surface area (Å²) in [5.41, 5.74) is 1.79. The highest BCUT2D eigenvalue weighted by Crippen LogP contribution is 2.37. The third-order valence-electron chi connectivity index (χ3n) is 4.19. The molecule has 0 amide bonds. The Kier molecular flexibility index (Phi) is 3.85. The molecule has 2 aromatic rings. The Morgan fingerprint density at radius 3 is 2.43 bits per heavy atom. The smallest absolute Gasteiger partial charge is 0.335 e. The first-order valence-corrected chi connectivity index (χ1v) is 8.80. The van der Waals surface area contributed by atoms with Crippen LogP contribution in [0.1, 0.15) is 35.2 Å². The van der Waals surface area contributed by atoms with E-state index in [1.165, 1.54) is 28.6 Å². The van der Waals surface area contributed by atoms with Crippen molar-refractivity contribution in [2.24, 2.45) is 0 Å². The highest BCUT2D eigenvalue weighted by molar-refractivity contribution is 7.92. The summed E-state index contributed by atoms with van der Waals surface area (Å²) in [6, 6.07) is 12.8. The molecule has 1 aliphatic rings. The summed E-state index contributed by atoms with van der Waals surface area (Å²) in [6.45, 7) is 2.51. The fourth-order valence-electron chi connectivity index (χ4n) is 2.86. The fourth-order valence-corrected chi connectivity index (χ4v) is 4.37. The minimum absolute atomic E-state index is 0.0663. The van der Waals surface area contributed by atoms with Crippen LogP contribution in [-0.2, 0) is 10.0 Å². The van der Waals surface area contributed by atoms with Gasteiger partial charge in [0.2, 0.25) is 0 Å². The van der Waals surface area contributed by atoms with Gasteiger partial charge in [0.25, 0.3) is 10.0 Å². The van der Waals surface area contributed by atoms with Crippen LogP contribution in [-0.4, -0.2) is 26.0 Å². The van der Waals surface area contributed by atoms with Crippen LogP contribution >= 0.6 is 0 Å². The van der Waals surface area contributed by atoms with Crippen molar-refractivity contribution in [1.82, 2.24) is 0 Å². The Balaban J connectivity index is 2.03. The SMILES string of the molecule is CC1CCN(S(=O)(=O)c2ccc(C(=O)O)cc2)c2ccccc21. The van der Waals surface area contributed by atoms with Gasteiger partial charge in [0, 0.05) is 6.54 Å². The molecule has 0 fully saturated rings. The number of carboxylic acid groups (broad SMARTS) is 1. The van der Waals surface area contributed by atoms with E-state index in [-0.39, 0.29) is 10.5 Å². The molecule has 0 saturated heterocycles. The minimum atomic E-state index is -3.70. The third kappa shape index (κ3) is 2.70. The summed E-state index contributed by atoms with van der Waals surface area (Å²) in [5.74, 6) is -0.766. The second-order valence-electron chi connectivity index (χ2n) is 5.66. The van der Waals surface area contributed by atoms with Crippen molar-refractivity contribution in [3.05, 3.63) is 59.7 Å². The number of aromatic carboxylic acids is 1. The molecule has 120 valence electrons. The van der Waals surface area contributed by atoms with Crippen LogP contribution in [0.3, 0.4) is 0 Å². The van der Waals surface area contributed by atoms with Crippen molar-refractivity contribution in [2.45, 2.75) is 24.2 Å². The van der Waals surface area contributed by atoms with Gasteiger partial charge in [-0.15, -0.1) is 0 Å². The van der Waals surface area contributed by atoms with Crippen molar-refractivity contribution >= 4 is 21.7 Å². The molecule has 0 bridgehead atoms. The molecule has 2 aromatic carbocycles. The molecule has 1 heterocycles. The van der Waals surface area contributed by atoms with Crippen LogP contribution in [0.2, 0.25) is 0 Å². The second-order valence-corrected chi connectivity index (χ2v) is 7.52. The maximum atomic E-state index is 12.9. The van der Waals surface area contributed by atoms with Crippen LogP contribution in [0.15, 0.2) is 53.4 Å². The molecule has 3 rings (SSSR count). The van der Waals surface area contributed by atoms with Crippen molar-refractivity contribution in [2.75, 3.05) is 10.8 Å². The number of carboxylic acids is 1. The first-order valence-electron chi connectivity index (χ1n) is 7.36. The van der Waals surface area contributed by atoms with E-state index in [9.17, 15) is 13.2 Å². The Morgan fingerprint density at radius 2 is 1.78 bits per heavy atom. The van der Waals surface area contributed by atoms with Gasteiger partial charge >= 0.3 is 5.97 Å². The molecule has 1 unspecified atom stereocenters. The van der Waals surface area contributed by atoms with Gasteiger partial charge in [-0.25, -0.2) is 13.2 Å². The molecule has 1 aliphatic heterocycles. The summed E-state index contributed by atoms with van der Waals surface area (Å²) in [6.07, 6.45) is 0.753. The number of hydrogen-bond donors (Lipinski definition) is 1. The Bertz CT molecular complexity index is 843. The minimum Gasteiger partial charge on any atom is -0.478 e. The number of rotatable bonds is 3. The molecule has 0 aliphatic carbocycles. The van der Waals surface area contributed by atoms with Gasteiger partial charge in [0.05, 0.1) is 16.1 Å². The zero-order valence-electron chi connectivity index (χ0n) is 12.6. The summed E-state index contributed by atoms with van der Waals surface area (Å²) in [5, 5.41) is 8.93. The molecule has 5 nitrogen and oxygen atoms in total. The van der Waals surface area contributed by atoms with Crippen LogP contribution in [0, 0.1) is 0 Å². The molecule has 0 radical (unpaired) electrons. The molecule has 1 atom stereocenters. The fraction of sp³-hybridized carbons (Fsp3) is 0.235. The van der Waals surface area contributed by atoms with E-state index >= 15 is 0 Å². The first-order chi connectivity index (χ1) is 10.9. The normalized spacial score (nSPS) is 17.6. The zero-order valence-corrected chi connectivity index (χ0v) is 13.5. The number of carbonyl (C=O) groups is 1. The lowest BCUT2D eigenvalue weighted by molar-refractivity contribution is 0.0696. The highest BCUT2D eigenvalue weighted by Gasteiger charge is 2.31. The third-order valence-corrected chi connectivity index (χ3v) is 6.02. The lowest BCUT2D eigenvalue weighted by atomic mass is 9.93. The zero-order chi connectivity index (χ0) is 16.6. The molecule has 6 heteroatoms. The van der Waals surface area contributed by atoms with Crippen LogP contribution in [0.5, 0.6) is 0 Å². The maximum Gasteiger partial charge on any atom is 0.335 e. The summed E-state index contributed by atoms with van der Waals surface area (Å²) >= 11 is 0. The molecule has 0 aromatic heterocycles. The highest BCUT2D eigenvalue weighted by atomic mass is 32.2. The van der Waals surface area contributed by atoms with E-state index in [1.807, 2.05) is 24.3 Å². The number of anilines is 1. The van der Waals surface area contributed by atoms with E-state index in [0.717, 1.165) is 12.0 Å². The van der Waals surface area contributed by atoms with Gasteiger partial charge in [-0.05, 0) is 48.2 Å². The van der Waals surface area contributed by atoms with Gasteiger partial charge in [0.15, 0.2) is 0 Å². The predicted molar refractivity (Wildman–Crippen MR) is 87.4 cm³/mol. The van der Waals surface area contributed by atoms with Crippen molar-refractivity contribution in [3.8, 4) is 0 Å². The summed E-state index contributed by atoms with van der Waals surface area (Å²) in [4.78, 5) is 11.0. The summed E-state index contributed by atoms with van der Waals surface area (Å²) < 4.78 is 27.2. The molecular formula is C17H17NO4S. The van der Waals surface area contributed by atoms with E-state index in [2.05, 4.69) is 6.92 Å². The largest absolute Gasteiger partial charge is 0.478 e. The lowest BCUT2D eigenvalue weighted by Crippen LogP contribution is -2.36. The number of nitrogens with zero attached hydrogens (tertiary/aromatic N) is 1. The quantitative estimate of drug-likeness (QED) is 0.938. The molecule has 23 heavy (non-hydrogen) atoms. The van der Waals surface area contributed by atoms with Gasteiger partial charge in [-0.1, -0.05) is 25.1 Å². The summed E-state index contributed by atoms with van der Waals surface area (Å²) in [7, 11) is -3.70. The number of sulfonamides is 1. The van der Waals surface area contributed by atoms with Gasteiger partial charge in [0.1, 0.15) is 0 Å². The molecule has 0 saturated carbocycles. The number of fused-ring (bicyclic) bond motifs is 1. The molecular weight excluding hydrogens is 314 g/mol. The number of hydrogen-bond acceptors (Lipinski definition) is 3. The van der Waals surface area contributed by atoms with Crippen LogP contribution in [0.25, 0.3) is 0 Å². The van der Waals surface area contributed by atoms with E-state index in [0.29, 0.717) is 18.2 Å². The van der Waals surface area contributed by atoms with Crippen LogP contribution in [0.4, 0.5) is 5.69 Å². The van der Waals surface area contributed by atoms with Gasteiger partial charge < -0.3 is 5.11 Å². The van der Waals surface area contributed by atoms with Crippen molar-refractivity contribution < 1.29 is 18.3 Å². The van der Waals surface area contributed by atoms with Crippen LogP contribution < -0.4 is 4.31 Å². The Morgan fingerprint density at radius 1 is 1.13 bits per heavy atom. The van der Waals surface area contributed by atoms with Crippen molar-refractivity contribution in [3.63, 3.8) is 0 Å². The van der Waals surface area contributed by atoms with E-state index in [1.54, 1.807) is 0 Å².